The van der Waals surface area contributed by atoms with E-state index in [1.54, 1.807) is 25.3 Å². The van der Waals surface area contributed by atoms with Gasteiger partial charge in [0, 0.05) is 30.0 Å². The molecule has 1 N–H and O–H groups in total. The van der Waals surface area contributed by atoms with Crippen LogP contribution in [0.15, 0.2) is 36.4 Å². The summed E-state index contributed by atoms with van der Waals surface area (Å²) in [6.45, 7) is 7.66. The molecule has 3 rings (SSSR count). The molecule has 1 aliphatic heterocycles. The number of methoxy groups -OCH3 is 1. The highest BCUT2D eigenvalue weighted by Crippen LogP contribution is 2.29. The second kappa shape index (κ2) is 8.77. The van der Waals surface area contributed by atoms with Crippen LogP contribution in [0.2, 0.25) is 0 Å². The topological polar surface area (TPSA) is 60.0 Å². The van der Waals surface area contributed by atoms with Gasteiger partial charge in [-0.3, -0.25) is 4.79 Å². The zero-order valence-electron chi connectivity index (χ0n) is 16.1. The molecule has 0 spiro atoms. The number of morpholine rings is 1. The Morgan fingerprint density at radius 1 is 1.15 bits per heavy atom. The van der Waals surface area contributed by atoms with Crippen molar-refractivity contribution in [1.82, 2.24) is 0 Å². The van der Waals surface area contributed by atoms with Crippen molar-refractivity contribution < 1.29 is 19.0 Å². The normalized spacial score (nSPS) is 14.0. The first-order chi connectivity index (χ1) is 13.1. The van der Waals surface area contributed by atoms with Crippen LogP contribution in [0.25, 0.3) is 0 Å². The lowest BCUT2D eigenvalue weighted by Gasteiger charge is -2.29. The molecule has 1 saturated heterocycles. The highest BCUT2D eigenvalue weighted by molar-refractivity contribution is 6.05. The van der Waals surface area contributed by atoms with Gasteiger partial charge in [-0.25, -0.2) is 0 Å². The molecule has 27 heavy (non-hydrogen) atoms. The van der Waals surface area contributed by atoms with E-state index in [0.717, 1.165) is 43.2 Å². The van der Waals surface area contributed by atoms with E-state index in [4.69, 9.17) is 14.2 Å². The summed E-state index contributed by atoms with van der Waals surface area (Å²) in [5, 5.41) is 2.98. The van der Waals surface area contributed by atoms with Gasteiger partial charge in [0.25, 0.3) is 5.91 Å². The number of anilines is 2. The molecule has 1 fully saturated rings. The van der Waals surface area contributed by atoms with Gasteiger partial charge >= 0.3 is 0 Å². The van der Waals surface area contributed by atoms with Crippen molar-refractivity contribution in [2.75, 3.05) is 50.2 Å². The van der Waals surface area contributed by atoms with Crippen LogP contribution in [0.1, 0.15) is 22.8 Å². The molecule has 6 nitrogen and oxygen atoms in total. The summed E-state index contributed by atoms with van der Waals surface area (Å²) in [6.07, 6.45) is 0. The average molecular weight is 370 g/mol. The summed E-state index contributed by atoms with van der Waals surface area (Å²) in [4.78, 5) is 15.0. The third kappa shape index (κ3) is 4.52. The number of hydrogen-bond donors (Lipinski definition) is 1. The average Bonchev–Trinajstić information content (AvgIpc) is 2.70. The number of amides is 1. The summed E-state index contributed by atoms with van der Waals surface area (Å²) in [7, 11) is 1.58. The molecule has 0 radical (unpaired) electrons. The Morgan fingerprint density at radius 3 is 2.59 bits per heavy atom. The fourth-order valence-corrected chi connectivity index (χ4v) is 3.09. The van der Waals surface area contributed by atoms with Gasteiger partial charge in [-0.2, -0.15) is 0 Å². The van der Waals surface area contributed by atoms with Crippen LogP contribution >= 0.6 is 0 Å². The summed E-state index contributed by atoms with van der Waals surface area (Å²) in [5.41, 5.74) is 3.49. The zero-order valence-corrected chi connectivity index (χ0v) is 16.1. The minimum atomic E-state index is -0.180. The lowest BCUT2D eigenvalue weighted by atomic mass is 10.1. The Morgan fingerprint density at radius 2 is 1.93 bits per heavy atom. The van der Waals surface area contributed by atoms with Crippen LogP contribution in [-0.2, 0) is 4.74 Å². The van der Waals surface area contributed by atoms with Gasteiger partial charge in [-0.05, 0) is 55.8 Å². The van der Waals surface area contributed by atoms with Crippen LogP contribution in [0.5, 0.6) is 11.5 Å². The number of ether oxygens (including phenoxy) is 3. The first kappa shape index (κ1) is 19.0. The zero-order chi connectivity index (χ0) is 19.2. The van der Waals surface area contributed by atoms with Gasteiger partial charge < -0.3 is 24.4 Å². The molecule has 0 aromatic heterocycles. The first-order valence-corrected chi connectivity index (χ1v) is 9.18. The maximum Gasteiger partial charge on any atom is 0.255 e. The summed E-state index contributed by atoms with van der Waals surface area (Å²) in [5.74, 6) is 0.993. The molecular formula is C21H26N2O4. The van der Waals surface area contributed by atoms with Gasteiger partial charge in [0.05, 0.1) is 26.9 Å². The molecule has 1 amide bonds. The number of hydrogen-bond acceptors (Lipinski definition) is 5. The van der Waals surface area contributed by atoms with Gasteiger partial charge in [-0.15, -0.1) is 0 Å². The SMILES string of the molecule is CCOc1cc(C(=O)Nc2ccc(N3CCOCC3)cc2C)ccc1OC. The third-order valence-electron chi connectivity index (χ3n) is 4.56. The maximum atomic E-state index is 12.7. The Labute approximate surface area is 160 Å². The van der Waals surface area contributed by atoms with E-state index in [1.165, 1.54) is 0 Å². The Hall–Kier alpha value is -2.73. The highest BCUT2D eigenvalue weighted by Gasteiger charge is 2.15. The molecule has 2 aromatic carbocycles. The van der Waals surface area contributed by atoms with Crippen molar-refractivity contribution in [3.63, 3.8) is 0 Å². The second-order valence-electron chi connectivity index (χ2n) is 6.35. The number of carbonyl (C=O) groups excluding carboxylic acids is 1. The van der Waals surface area contributed by atoms with E-state index in [1.807, 2.05) is 26.0 Å². The van der Waals surface area contributed by atoms with E-state index >= 15 is 0 Å². The van der Waals surface area contributed by atoms with Crippen molar-refractivity contribution in [1.29, 1.82) is 0 Å². The van der Waals surface area contributed by atoms with Crippen molar-refractivity contribution in [2.45, 2.75) is 13.8 Å². The monoisotopic (exact) mass is 370 g/mol. The van der Waals surface area contributed by atoms with Crippen LogP contribution in [0.3, 0.4) is 0 Å². The van der Waals surface area contributed by atoms with Gasteiger partial charge in [0.2, 0.25) is 0 Å². The molecule has 6 heteroatoms. The van der Waals surface area contributed by atoms with Crippen LogP contribution in [-0.4, -0.2) is 45.9 Å². The Balaban J connectivity index is 1.74. The molecule has 2 aromatic rings. The van der Waals surface area contributed by atoms with Crippen LogP contribution in [0.4, 0.5) is 11.4 Å². The predicted octanol–water partition coefficient (Wildman–Crippen LogP) is 3.49. The summed E-state index contributed by atoms with van der Waals surface area (Å²) < 4.78 is 16.2. The lowest BCUT2D eigenvalue weighted by Crippen LogP contribution is -2.36. The number of rotatable bonds is 6. The minimum absolute atomic E-state index is 0.180. The van der Waals surface area contributed by atoms with Crippen molar-refractivity contribution in [3.05, 3.63) is 47.5 Å². The van der Waals surface area contributed by atoms with E-state index in [-0.39, 0.29) is 5.91 Å². The molecule has 0 bridgehead atoms. The molecule has 1 aliphatic rings. The standard InChI is InChI=1S/C21H26N2O4/c1-4-27-20-14-16(5-8-19(20)25-3)21(24)22-18-7-6-17(13-15(18)2)23-9-11-26-12-10-23/h5-8,13-14H,4,9-12H2,1-3H3,(H,22,24). The third-order valence-corrected chi connectivity index (χ3v) is 4.56. The van der Waals surface area contributed by atoms with Gasteiger partial charge in [0.1, 0.15) is 0 Å². The predicted molar refractivity (Wildman–Crippen MR) is 106 cm³/mol. The van der Waals surface area contributed by atoms with Crippen LogP contribution in [0, 0.1) is 6.92 Å². The van der Waals surface area contributed by atoms with Crippen molar-refractivity contribution in [2.24, 2.45) is 0 Å². The van der Waals surface area contributed by atoms with E-state index < -0.39 is 0 Å². The van der Waals surface area contributed by atoms with Crippen molar-refractivity contribution >= 4 is 17.3 Å². The highest BCUT2D eigenvalue weighted by atomic mass is 16.5. The van der Waals surface area contributed by atoms with E-state index in [0.29, 0.717) is 23.7 Å². The molecule has 144 valence electrons. The Kier molecular flexibility index (Phi) is 6.19. The summed E-state index contributed by atoms with van der Waals surface area (Å²) >= 11 is 0. The van der Waals surface area contributed by atoms with Gasteiger partial charge in [0.15, 0.2) is 11.5 Å². The molecule has 0 atom stereocenters. The van der Waals surface area contributed by atoms with Crippen molar-refractivity contribution in [3.8, 4) is 11.5 Å². The van der Waals surface area contributed by atoms with E-state index in [2.05, 4.69) is 16.3 Å². The quantitative estimate of drug-likeness (QED) is 0.843. The van der Waals surface area contributed by atoms with E-state index in [9.17, 15) is 4.79 Å². The maximum absolute atomic E-state index is 12.7. The number of nitrogens with one attached hydrogen (secondary N) is 1. The number of carbonyl (C=O) groups is 1. The molecule has 0 aliphatic carbocycles. The number of benzene rings is 2. The number of nitrogens with zero attached hydrogens (tertiary/aromatic N) is 1. The smallest absolute Gasteiger partial charge is 0.255 e. The lowest BCUT2D eigenvalue weighted by molar-refractivity contribution is 0.102. The molecular weight excluding hydrogens is 344 g/mol. The first-order valence-electron chi connectivity index (χ1n) is 9.18. The summed E-state index contributed by atoms with van der Waals surface area (Å²) in [6, 6.07) is 11.3. The largest absolute Gasteiger partial charge is 0.493 e. The van der Waals surface area contributed by atoms with Gasteiger partial charge in [-0.1, -0.05) is 0 Å². The minimum Gasteiger partial charge on any atom is -0.493 e. The second-order valence-corrected chi connectivity index (χ2v) is 6.35. The fourth-order valence-electron chi connectivity index (χ4n) is 3.09. The molecule has 0 saturated carbocycles. The molecule has 0 unspecified atom stereocenters. The molecule has 1 heterocycles. The van der Waals surface area contributed by atoms with Crippen LogP contribution < -0.4 is 19.7 Å². The number of aryl methyl sites for hydroxylation is 1. The fraction of sp³-hybridized carbons (Fsp3) is 0.381. The Bertz CT molecular complexity index is 801.